The van der Waals surface area contributed by atoms with Gasteiger partial charge in [-0.2, -0.15) is 0 Å². The molecule has 0 aliphatic rings. The Balaban J connectivity index is 1.28. The van der Waals surface area contributed by atoms with Gasteiger partial charge in [0.15, 0.2) is 46.0 Å². The first-order chi connectivity index (χ1) is 33.5. The third-order valence-electron chi connectivity index (χ3n) is 12.6. The quantitative estimate of drug-likeness (QED) is 0.101. The summed E-state index contributed by atoms with van der Waals surface area (Å²) in [6, 6.07) is 57.4. The lowest BCUT2D eigenvalue weighted by atomic mass is 9.83. The molecule has 0 aromatic heterocycles. The van der Waals surface area contributed by atoms with E-state index in [1.165, 1.54) is 0 Å². The summed E-state index contributed by atoms with van der Waals surface area (Å²) < 4.78 is 52.3. The number of rotatable bonds is 15. The molecule has 0 atom stereocenters. The lowest BCUT2D eigenvalue weighted by Gasteiger charge is -2.27. The zero-order valence-corrected chi connectivity index (χ0v) is 38.8. The van der Waals surface area contributed by atoms with Crippen LogP contribution in [0, 0.1) is 0 Å². The third-order valence-corrected chi connectivity index (χ3v) is 12.6. The van der Waals surface area contributed by atoms with E-state index in [0.717, 1.165) is 87.6 Å². The molecule has 0 spiro atoms. The number of hydrogen-bond donors (Lipinski definition) is 0. The summed E-state index contributed by atoms with van der Waals surface area (Å²) in [6.45, 7) is 0.707. The van der Waals surface area contributed by atoms with Crippen molar-refractivity contribution < 1.29 is 37.9 Å². The standard InChI is InChI=1S/C60H50O8/c1-61-55-47(67-35-37-21-9-7-10-22-37)33-39-25-13-15-27-41(39)49(55)51-43-29-17-19-31-45(43)53(59(65-5)57(51)63-3)54-46-32-20-18-30-44(46)52(58(64-4)60(54)66-6)50-42-28-16-14-26-40(42)34-48(56(50)62-2)68-36-38-23-11-8-12-24-38/h7-34H,35-36H2,1-6H3. The summed E-state index contributed by atoms with van der Waals surface area (Å²) in [5, 5.41) is 7.44. The van der Waals surface area contributed by atoms with Gasteiger partial charge in [-0.15, -0.1) is 0 Å². The highest BCUT2D eigenvalue weighted by Gasteiger charge is 2.33. The van der Waals surface area contributed by atoms with Gasteiger partial charge in [0.2, 0.25) is 0 Å². The maximum absolute atomic E-state index is 6.61. The number of methoxy groups -OCH3 is 6. The van der Waals surface area contributed by atoms with E-state index < -0.39 is 0 Å². The van der Waals surface area contributed by atoms with Gasteiger partial charge in [-0.3, -0.25) is 0 Å². The van der Waals surface area contributed by atoms with E-state index in [2.05, 4.69) is 48.5 Å². The highest BCUT2D eigenvalue weighted by atomic mass is 16.5. The zero-order valence-electron chi connectivity index (χ0n) is 38.8. The summed E-state index contributed by atoms with van der Waals surface area (Å²) in [5.74, 6) is 4.37. The Morgan fingerprint density at radius 3 is 0.809 bits per heavy atom. The molecule has 10 aromatic rings. The molecule has 0 fully saturated rings. The van der Waals surface area contributed by atoms with E-state index in [4.69, 9.17) is 37.9 Å². The van der Waals surface area contributed by atoms with Gasteiger partial charge in [-0.1, -0.05) is 158 Å². The number of fused-ring (bicyclic) bond motifs is 4. The predicted octanol–water partition coefficient (Wildman–Crippen LogP) is 14.5. The minimum Gasteiger partial charge on any atom is -0.492 e. The Hall–Kier alpha value is -8.36. The molecule has 0 N–H and O–H groups in total. The maximum Gasteiger partial charge on any atom is 0.169 e. The molecule has 68 heavy (non-hydrogen) atoms. The monoisotopic (exact) mass is 898 g/mol. The van der Waals surface area contributed by atoms with Gasteiger partial charge < -0.3 is 37.9 Å². The van der Waals surface area contributed by atoms with Crippen LogP contribution in [-0.2, 0) is 13.2 Å². The molecule has 0 amide bonds. The molecule has 0 heterocycles. The highest BCUT2D eigenvalue weighted by molar-refractivity contribution is 6.22. The average Bonchev–Trinajstić information content (AvgIpc) is 3.40. The molecule has 8 heteroatoms. The van der Waals surface area contributed by atoms with Crippen LogP contribution < -0.4 is 37.9 Å². The van der Waals surface area contributed by atoms with Crippen molar-refractivity contribution in [2.45, 2.75) is 13.2 Å². The van der Waals surface area contributed by atoms with Crippen LogP contribution in [0.15, 0.2) is 170 Å². The van der Waals surface area contributed by atoms with Crippen LogP contribution in [0.4, 0.5) is 0 Å². The number of ether oxygens (including phenoxy) is 8. The van der Waals surface area contributed by atoms with Crippen LogP contribution >= 0.6 is 0 Å². The third kappa shape index (κ3) is 7.44. The summed E-state index contributed by atoms with van der Waals surface area (Å²) in [6.07, 6.45) is 0. The summed E-state index contributed by atoms with van der Waals surface area (Å²) >= 11 is 0. The zero-order chi connectivity index (χ0) is 46.7. The van der Waals surface area contributed by atoms with Gasteiger partial charge in [0, 0.05) is 33.4 Å². The Morgan fingerprint density at radius 2 is 0.515 bits per heavy atom. The topological polar surface area (TPSA) is 73.8 Å². The van der Waals surface area contributed by atoms with Gasteiger partial charge in [0.05, 0.1) is 42.7 Å². The van der Waals surface area contributed by atoms with Crippen LogP contribution in [0.5, 0.6) is 46.0 Å². The molecule has 0 radical (unpaired) electrons. The molecule has 0 saturated carbocycles. The molecule has 0 aliphatic carbocycles. The van der Waals surface area contributed by atoms with E-state index in [0.29, 0.717) is 59.2 Å². The van der Waals surface area contributed by atoms with Crippen molar-refractivity contribution in [3.63, 3.8) is 0 Å². The fourth-order valence-corrected chi connectivity index (χ4v) is 9.75. The second-order valence-electron chi connectivity index (χ2n) is 16.3. The first-order valence-corrected chi connectivity index (χ1v) is 22.4. The first-order valence-electron chi connectivity index (χ1n) is 22.4. The fourth-order valence-electron chi connectivity index (χ4n) is 9.75. The molecule has 10 aromatic carbocycles. The smallest absolute Gasteiger partial charge is 0.169 e. The Labute approximate surface area is 395 Å². The van der Waals surface area contributed by atoms with E-state index in [1.807, 2.05) is 121 Å². The molecule has 0 unspecified atom stereocenters. The van der Waals surface area contributed by atoms with Crippen molar-refractivity contribution in [1.29, 1.82) is 0 Å². The second kappa shape index (κ2) is 18.9. The minimum atomic E-state index is 0.354. The van der Waals surface area contributed by atoms with Gasteiger partial charge in [-0.05, 0) is 66.3 Å². The predicted molar refractivity (Wildman–Crippen MR) is 274 cm³/mol. The average molecular weight is 899 g/mol. The Kier molecular flexibility index (Phi) is 12.1. The van der Waals surface area contributed by atoms with Crippen molar-refractivity contribution in [2.24, 2.45) is 0 Å². The molecular weight excluding hydrogens is 849 g/mol. The second-order valence-corrected chi connectivity index (χ2v) is 16.3. The van der Waals surface area contributed by atoms with Crippen LogP contribution in [0.25, 0.3) is 76.5 Å². The number of benzene rings is 10. The first kappa shape index (κ1) is 43.5. The number of hydrogen-bond acceptors (Lipinski definition) is 8. The molecule has 0 saturated heterocycles. The molecule has 338 valence electrons. The van der Waals surface area contributed by atoms with Crippen molar-refractivity contribution >= 4 is 43.1 Å². The van der Waals surface area contributed by atoms with Crippen LogP contribution in [0.2, 0.25) is 0 Å². The van der Waals surface area contributed by atoms with E-state index in [9.17, 15) is 0 Å². The largest absolute Gasteiger partial charge is 0.492 e. The van der Waals surface area contributed by atoms with Crippen molar-refractivity contribution in [1.82, 2.24) is 0 Å². The molecular formula is C60H50O8. The van der Waals surface area contributed by atoms with E-state index in [1.54, 1.807) is 42.7 Å². The van der Waals surface area contributed by atoms with Crippen molar-refractivity contribution in [3.8, 4) is 79.4 Å². The maximum atomic E-state index is 6.61. The lowest BCUT2D eigenvalue weighted by Crippen LogP contribution is -2.04. The summed E-state index contributed by atoms with van der Waals surface area (Å²) in [4.78, 5) is 0. The molecule has 8 nitrogen and oxygen atoms in total. The van der Waals surface area contributed by atoms with Crippen LogP contribution in [-0.4, -0.2) is 42.7 Å². The SMILES string of the molecule is COc1c(OCc2ccccc2)cc2ccccc2c1-c1c(OC)c(OC)c(-c2c(OC)c(OC)c(-c3c(OC)c(OCc4ccccc4)cc4ccccc34)c3ccccc23)c2ccccc12. The van der Waals surface area contributed by atoms with Crippen molar-refractivity contribution in [3.05, 3.63) is 181 Å². The highest BCUT2D eigenvalue weighted by Crippen LogP contribution is 2.61. The molecule has 0 bridgehead atoms. The van der Waals surface area contributed by atoms with E-state index >= 15 is 0 Å². The van der Waals surface area contributed by atoms with Crippen LogP contribution in [0.1, 0.15) is 11.1 Å². The summed E-state index contributed by atoms with van der Waals surface area (Å²) in [5.41, 5.74) is 6.80. The molecule has 0 aliphatic heterocycles. The van der Waals surface area contributed by atoms with Gasteiger partial charge >= 0.3 is 0 Å². The van der Waals surface area contributed by atoms with Crippen LogP contribution in [0.3, 0.4) is 0 Å². The Bertz CT molecular complexity index is 3240. The minimum absolute atomic E-state index is 0.354. The van der Waals surface area contributed by atoms with Crippen molar-refractivity contribution in [2.75, 3.05) is 42.7 Å². The normalized spacial score (nSPS) is 11.2. The summed E-state index contributed by atoms with van der Waals surface area (Å²) in [7, 11) is 10.1. The van der Waals surface area contributed by atoms with Gasteiger partial charge in [0.1, 0.15) is 13.2 Å². The Morgan fingerprint density at radius 1 is 0.265 bits per heavy atom. The van der Waals surface area contributed by atoms with Gasteiger partial charge in [0.25, 0.3) is 0 Å². The van der Waals surface area contributed by atoms with E-state index in [-0.39, 0.29) is 0 Å². The molecule has 10 rings (SSSR count). The lowest BCUT2D eigenvalue weighted by molar-refractivity contribution is 0.285. The van der Waals surface area contributed by atoms with Gasteiger partial charge in [-0.25, -0.2) is 0 Å². The fraction of sp³-hybridized carbons (Fsp3) is 0.133.